The third-order valence-corrected chi connectivity index (χ3v) is 2.69. The summed E-state index contributed by atoms with van der Waals surface area (Å²) in [5.74, 6) is 2.64. The second-order valence-electron chi connectivity index (χ2n) is 2.23. The van der Waals surface area contributed by atoms with Gasteiger partial charge in [-0.05, 0) is 11.3 Å². The zero-order valence-corrected chi connectivity index (χ0v) is 7.92. The summed E-state index contributed by atoms with van der Waals surface area (Å²) in [5, 5.41) is 1.21. The van der Waals surface area contributed by atoms with Gasteiger partial charge >= 0.3 is 0 Å². The van der Waals surface area contributed by atoms with E-state index in [1.807, 2.05) is 24.3 Å². The summed E-state index contributed by atoms with van der Waals surface area (Å²) in [7, 11) is 1.14. The third-order valence-electron chi connectivity index (χ3n) is 1.47. The van der Waals surface area contributed by atoms with Crippen molar-refractivity contribution in [2.45, 2.75) is 0 Å². The fourth-order valence-corrected chi connectivity index (χ4v) is 1.86. The van der Waals surface area contributed by atoms with E-state index >= 15 is 0 Å². The van der Waals surface area contributed by atoms with Gasteiger partial charge in [-0.25, -0.2) is 0 Å². The van der Waals surface area contributed by atoms with Crippen LogP contribution in [0.4, 0.5) is 0 Å². The number of hydrogen-bond donors (Lipinski definition) is 0. The van der Waals surface area contributed by atoms with Crippen LogP contribution < -0.4 is 5.19 Å². The molecular formula is C9H10OSi. The molecule has 11 heavy (non-hydrogen) atoms. The SMILES string of the molecule is C#Cc1ccccc1[SiH2]OC. The lowest BCUT2D eigenvalue weighted by atomic mass is 10.2. The lowest BCUT2D eigenvalue weighted by molar-refractivity contribution is 0.450. The summed E-state index contributed by atoms with van der Waals surface area (Å²) in [6.07, 6.45) is 5.30. The van der Waals surface area contributed by atoms with E-state index in [-0.39, 0.29) is 0 Å². The molecule has 0 aromatic heterocycles. The Hall–Kier alpha value is -1.04. The molecule has 0 amide bonds. The summed E-state index contributed by atoms with van der Waals surface area (Å²) < 4.78 is 5.11. The van der Waals surface area contributed by atoms with Gasteiger partial charge in [0, 0.05) is 12.7 Å². The van der Waals surface area contributed by atoms with Gasteiger partial charge in [0.2, 0.25) is 0 Å². The van der Waals surface area contributed by atoms with Gasteiger partial charge in [-0.1, -0.05) is 24.1 Å². The van der Waals surface area contributed by atoms with Gasteiger partial charge in [-0.3, -0.25) is 0 Å². The molecule has 1 aromatic rings. The predicted octanol–water partition coefficient (Wildman–Crippen LogP) is 0.0234. The Bertz CT molecular complexity index is 275. The Morgan fingerprint density at radius 3 is 2.82 bits per heavy atom. The van der Waals surface area contributed by atoms with Crippen LogP contribution in [0.5, 0.6) is 0 Å². The van der Waals surface area contributed by atoms with Crippen molar-refractivity contribution < 1.29 is 4.43 Å². The first kappa shape index (κ1) is 8.06. The van der Waals surface area contributed by atoms with Crippen LogP contribution in [0.2, 0.25) is 0 Å². The summed E-state index contributed by atoms with van der Waals surface area (Å²) in [4.78, 5) is 0. The van der Waals surface area contributed by atoms with Gasteiger partial charge in [0.15, 0.2) is 9.76 Å². The van der Waals surface area contributed by atoms with E-state index in [2.05, 4.69) is 5.92 Å². The Labute approximate surface area is 69.3 Å². The summed E-state index contributed by atoms with van der Waals surface area (Å²) in [6.45, 7) is 0. The molecule has 0 heterocycles. The van der Waals surface area contributed by atoms with Gasteiger partial charge in [-0.15, -0.1) is 6.42 Å². The van der Waals surface area contributed by atoms with Crippen molar-refractivity contribution in [1.82, 2.24) is 0 Å². The van der Waals surface area contributed by atoms with Gasteiger partial charge in [0.05, 0.1) is 0 Å². The number of rotatable bonds is 2. The van der Waals surface area contributed by atoms with Crippen LogP contribution in [0.1, 0.15) is 5.56 Å². The molecule has 1 aromatic carbocycles. The van der Waals surface area contributed by atoms with Crippen molar-refractivity contribution in [2.75, 3.05) is 7.11 Å². The molecule has 0 bridgehead atoms. The molecule has 0 saturated heterocycles. The van der Waals surface area contributed by atoms with Crippen LogP contribution in [-0.4, -0.2) is 16.9 Å². The predicted molar refractivity (Wildman–Crippen MR) is 49.6 cm³/mol. The van der Waals surface area contributed by atoms with Crippen molar-refractivity contribution in [3.63, 3.8) is 0 Å². The van der Waals surface area contributed by atoms with E-state index in [0.29, 0.717) is 0 Å². The second kappa shape index (κ2) is 3.97. The first-order valence-electron chi connectivity index (χ1n) is 3.42. The molecule has 0 radical (unpaired) electrons. The van der Waals surface area contributed by atoms with Crippen molar-refractivity contribution in [3.8, 4) is 12.3 Å². The van der Waals surface area contributed by atoms with Gasteiger partial charge in [-0.2, -0.15) is 0 Å². The molecule has 0 unspecified atom stereocenters. The van der Waals surface area contributed by atoms with Gasteiger partial charge < -0.3 is 4.43 Å². The maximum absolute atomic E-state index is 5.30. The van der Waals surface area contributed by atoms with Crippen molar-refractivity contribution in [2.24, 2.45) is 0 Å². The molecular weight excluding hydrogens is 152 g/mol. The molecule has 0 fully saturated rings. The topological polar surface area (TPSA) is 9.23 Å². The lowest BCUT2D eigenvalue weighted by Gasteiger charge is -2.00. The average Bonchev–Trinajstić information content (AvgIpc) is 2.06. The molecule has 1 nitrogen and oxygen atoms in total. The summed E-state index contributed by atoms with van der Waals surface area (Å²) >= 11 is 0. The zero-order valence-electron chi connectivity index (χ0n) is 6.50. The smallest absolute Gasteiger partial charge is 0.192 e. The highest BCUT2D eigenvalue weighted by Gasteiger charge is 1.96. The van der Waals surface area contributed by atoms with Gasteiger partial charge in [0.25, 0.3) is 0 Å². The van der Waals surface area contributed by atoms with Crippen LogP contribution in [0, 0.1) is 12.3 Å². The fraction of sp³-hybridized carbons (Fsp3) is 0.111. The zero-order chi connectivity index (χ0) is 8.10. The van der Waals surface area contributed by atoms with Crippen LogP contribution in [0.25, 0.3) is 0 Å². The van der Waals surface area contributed by atoms with E-state index in [9.17, 15) is 0 Å². The van der Waals surface area contributed by atoms with Crippen molar-refractivity contribution >= 4 is 14.9 Å². The minimum Gasteiger partial charge on any atom is -0.422 e. The molecule has 2 heteroatoms. The van der Waals surface area contributed by atoms with E-state index in [1.54, 1.807) is 7.11 Å². The highest BCUT2D eigenvalue weighted by Crippen LogP contribution is 1.91. The van der Waals surface area contributed by atoms with Crippen LogP contribution in [-0.2, 0) is 4.43 Å². The summed E-state index contributed by atoms with van der Waals surface area (Å²) in [6, 6.07) is 7.91. The normalized spacial score (nSPS) is 10.2. The minimum atomic E-state index is -0.583. The highest BCUT2D eigenvalue weighted by molar-refractivity contribution is 6.47. The first-order chi connectivity index (χ1) is 5.38. The largest absolute Gasteiger partial charge is 0.422 e. The standard InChI is InChI=1S/C9H10OSi/c1-3-8-6-4-5-7-9(8)11-10-2/h1,4-7H,11H2,2H3. The number of hydrogen-bond acceptors (Lipinski definition) is 1. The van der Waals surface area contributed by atoms with Crippen molar-refractivity contribution in [1.29, 1.82) is 0 Å². The molecule has 0 spiro atoms. The van der Waals surface area contributed by atoms with Crippen LogP contribution in [0.15, 0.2) is 24.3 Å². The molecule has 1 rings (SSSR count). The maximum Gasteiger partial charge on any atom is 0.192 e. The second-order valence-corrected chi connectivity index (χ2v) is 3.86. The Balaban J connectivity index is 2.95. The van der Waals surface area contributed by atoms with Gasteiger partial charge in [0.1, 0.15) is 0 Å². The Kier molecular flexibility index (Phi) is 2.91. The quantitative estimate of drug-likeness (QED) is 0.440. The van der Waals surface area contributed by atoms with Crippen molar-refractivity contribution in [3.05, 3.63) is 29.8 Å². The molecule has 0 aliphatic carbocycles. The monoisotopic (exact) mass is 162 g/mol. The molecule has 56 valence electrons. The van der Waals surface area contributed by atoms with E-state index in [0.717, 1.165) is 5.56 Å². The van der Waals surface area contributed by atoms with E-state index in [1.165, 1.54) is 5.19 Å². The van der Waals surface area contributed by atoms with Crippen LogP contribution in [0.3, 0.4) is 0 Å². The Morgan fingerprint density at radius 1 is 1.45 bits per heavy atom. The molecule has 0 atom stereocenters. The number of terminal acetylenes is 1. The molecule has 0 saturated carbocycles. The first-order valence-corrected chi connectivity index (χ1v) is 4.70. The molecule has 0 aliphatic rings. The lowest BCUT2D eigenvalue weighted by Crippen LogP contribution is -2.18. The van der Waals surface area contributed by atoms with Crippen LogP contribution >= 0.6 is 0 Å². The minimum absolute atomic E-state index is 0.583. The summed E-state index contributed by atoms with van der Waals surface area (Å²) in [5.41, 5.74) is 0.973. The fourth-order valence-electron chi connectivity index (χ4n) is 0.942. The number of benzene rings is 1. The maximum atomic E-state index is 5.30. The average molecular weight is 162 g/mol. The molecule has 0 aliphatic heterocycles. The Morgan fingerprint density at radius 2 is 2.18 bits per heavy atom. The van der Waals surface area contributed by atoms with E-state index < -0.39 is 9.76 Å². The highest BCUT2D eigenvalue weighted by atomic mass is 28.2. The third kappa shape index (κ3) is 1.94. The van der Waals surface area contributed by atoms with E-state index in [4.69, 9.17) is 10.8 Å². The molecule has 0 N–H and O–H groups in total.